The first-order valence-corrected chi connectivity index (χ1v) is 9.70. The number of hydrogen-bond donors (Lipinski definition) is 0. The predicted molar refractivity (Wildman–Crippen MR) is 102 cm³/mol. The van der Waals surface area contributed by atoms with Crippen molar-refractivity contribution in [3.05, 3.63) is 29.6 Å². The Morgan fingerprint density at radius 3 is 2.31 bits per heavy atom. The van der Waals surface area contributed by atoms with Crippen LogP contribution >= 0.6 is 0 Å². The Morgan fingerprint density at radius 2 is 1.77 bits per heavy atom. The van der Waals surface area contributed by atoms with E-state index in [1.54, 1.807) is 6.07 Å². The summed E-state index contributed by atoms with van der Waals surface area (Å²) in [5.41, 5.74) is 0.621. The van der Waals surface area contributed by atoms with Crippen molar-refractivity contribution in [3.8, 4) is 0 Å². The first-order valence-electron chi connectivity index (χ1n) is 9.70. The zero-order valence-electron chi connectivity index (χ0n) is 16.7. The number of rotatable bonds is 5. The smallest absolute Gasteiger partial charge is 0.399 e. The van der Waals surface area contributed by atoms with Gasteiger partial charge < -0.3 is 14.0 Å². The molecule has 0 N–H and O–H groups in total. The lowest BCUT2D eigenvalue weighted by atomic mass is 9.78. The molecule has 2 fully saturated rings. The highest BCUT2D eigenvalue weighted by atomic mass is 19.1. The molecule has 26 heavy (non-hydrogen) atoms. The molecule has 0 bridgehead atoms. The zero-order valence-corrected chi connectivity index (χ0v) is 16.7. The van der Waals surface area contributed by atoms with Gasteiger partial charge >= 0.3 is 7.12 Å². The van der Waals surface area contributed by atoms with E-state index in [0.29, 0.717) is 12.6 Å². The highest BCUT2D eigenvalue weighted by Gasteiger charge is 2.51. The summed E-state index contributed by atoms with van der Waals surface area (Å²) < 4.78 is 32.4. The van der Waals surface area contributed by atoms with Crippen LogP contribution in [0.25, 0.3) is 0 Å². The fourth-order valence-electron chi connectivity index (χ4n) is 3.53. The van der Waals surface area contributed by atoms with Crippen LogP contribution in [0, 0.1) is 5.82 Å². The summed E-state index contributed by atoms with van der Waals surface area (Å²) in [7, 11) is -0.523. The minimum atomic E-state index is -0.523. The van der Waals surface area contributed by atoms with Crippen LogP contribution in [-0.2, 0) is 20.6 Å². The Hall–Kier alpha value is -0.945. The Balaban J connectivity index is 1.62. The van der Waals surface area contributed by atoms with E-state index in [-0.39, 0.29) is 5.82 Å². The van der Waals surface area contributed by atoms with E-state index in [2.05, 4.69) is 4.90 Å². The maximum Gasteiger partial charge on any atom is 0.494 e. The molecule has 3 rings (SSSR count). The molecule has 4 nitrogen and oxygen atoms in total. The van der Waals surface area contributed by atoms with Crippen molar-refractivity contribution >= 4 is 12.6 Å². The monoisotopic (exact) mass is 363 g/mol. The van der Waals surface area contributed by atoms with Gasteiger partial charge in [-0.05, 0) is 59.0 Å². The van der Waals surface area contributed by atoms with E-state index in [4.69, 9.17) is 14.0 Å². The van der Waals surface area contributed by atoms with Crippen molar-refractivity contribution < 1.29 is 18.4 Å². The molecule has 0 aromatic heterocycles. The van der Waals surface area contributed by atoms with Crippen LogP contribution in [0.15, 0.2) is 18.2 Å². The molecular formula is C20H31BFNO3. The van der Waals surface area contributed by atoms with Crippen LogP contribution in [0.2, 0.25) is 0 Å². The van der Waals surface area contributed by atoms with E-state index in [1.165, 1.54) is 0 Å². The first-order chi connectivity index (χ1) is 12.2. The van der Waals surface area contributed by atoms with Crippen molar-refractivity contribution in [1.82, 2.24) is 4.90 Å². The van der Waals surface area contributed by atoms with Crippen LogP contribution in [0.1, 0.15) is 53.0 Å². The SMILES string of the molecule is CCOC1CCN(Cc2ccc(B3OC(C)(C)C(C)(C)O3)cc2F)CC1. The second-order valence-electron chi connectivity index (χ2n) is 8.37. The molecule has 2 saturated heterocycles. The number of hydrogen-bond acceptors (Lipinski definition) is 4. The summed E-state index contributed by atoms with van der Waals surface area (Å²) in [6.07, 6.45) is 2.38. The fraction of sp³-hybridized carbons (Fsp3) is 0.700. The molecular weight excluding hydrogens is 332 g/mol. The number of piperidine rings is 1. The van der Waals surface area contributed by atoms with Crippen LogP contribution in [-0.4, -0.2) is 49.0 Å². The van der Waals surface area contributed by atoms with Gasteiger partial charge in [-0.2, -0.15) is 0 Å². The average molecular weight is 363 g/mol. The molecule has 1 aromatic rings. The molecule has 0 radical (unpaired) electrons. The van der Waals surface area contributed by atoms with Gasteiger partial charge in [-0.25, -0.2) is 4.39 Å². The van der Waals surface area contributed by atoms with Crippen LogP contribution in [0.3, 0.4) is 0 Å². The van der Waals surface area contributed by atoms with Gasteiger partial charge in [0.25, 0.3) is 0 Å². The van der Waals surface area contributed by atoms with Gasteiger partial charge in [0, 0.05) is 31.8 Å². The highest BCUT2D eigenvalue weighted by Crippen LogP contribution is 2.36. The van der Waals surface area contributed by atoms with Gasteiger partial charge in [0.05, 0.1) is 17.3 Å². The van der Waals surface area contributed by atoms with Crippen LogP contribution in [0.5, 0.6) is 0 Å². The summed E-state index contributed by atoms with van der Waals surface area (Å²) >= 11 is 0. The topological polar surface area (TPSA) is 30.9 Å². The molecule has 2 aliphatic heterocycles. The second-order valence-corrected chi connectivity index (χ2v) is 8.37. The molecule has 0 unspecified atom stereocenters. The molecule has 6 heteroatoms. The second kappa shape index (κ2) is 7.59. The average Bonchev–Trinajstić information content (AvgIpc) is 2.79. The quantitative estimate of drug-likeness (QED) is 0.753. The summed E-state index contributed by atoms with van der Waals surface area (Å²) in [5, 5.41) is 0. The lowest BCUT2D eigenvalue weighted by molar-refractivity contribution is 0.00578. The molecule has 0 atom stereocenters. The van der Waals surface area contributed by atoms with E-state index >= 15 is 0 Å². The zero-order chi connectivity index (χ0) is 18.9. The molecule has 0 amide bonds. The number of halogens is 1. The third-order valence-corrected chi connectivity index (χ3v) is 5.93. The molecule has 2 aliphatic rings. The maximum atomic E-state index is 14.7. The van der Waals surface area contributed by atoms with Crippen molar-refractivity contribution in [2.75, 3.05) is 19.7 Å². The minimum absolute atomic E-state index is 0.191. The van der Waals surface area contributed by atoms with Crippen molar-refractivity contribution in [2.24, 2.45) is 0 Å². The van der Waals surface area contributed by atoms with Crippen LogP contribution in [0.4, 0.5) is 4.39 Å². The fourth-order valence-corrected chi connectivity index (χ4v) is 3.53. The van der Waals surface area contributed by atoms with Crippen molar-refractivity contribution in [2.45, 2.75) is 71.3 Å². The number of benzene rings is 1. The summed E-state index contributed by atoms with van der Waals surface area (Å²) in [5.74, 6) is -0.191. The molecule has 0 saturated carbocycles. The third-order valence-electron chi connectivity index (χ3n) is 5.93. The van der Waals surface area contributed by atoms with Gasteiger partial charge in [0.2, 0.25) is 0 Å². The van der Waals surface area contributed by atoms with Crippen molar-refractivity contribution in [3.63, 3.8) is 0 Å². The third kappa shape index (κ3) is 4.14. The van der Waals surface area contributed by atoms with Gasteiger partial charge in [-0.15, -0.1) is 0 Å². The summed E-state index contributed by atoms with van der Waals surface area (Å²) in [6, 6.07) is 5.35. The van der Waals surface area contributed by atoms with Gasteiger partial charge in [-0.1, -0.05) is 12.1 Å². The van der Waals surface area contributed by atoms with E-state index < -0.39 is 18.3 Å². The number of nitrogens with zero attached hydrogens (tertiary/aromatic N) is 1. The Labute approximate surface area is 157 Å². The largest absolute Gasteiger partial charge is 0.494 e. The number of ether oxygens (including phenoxy) is 1. The van der Waals surface area contributed by atoms with Crippen LogP contribution < -0.4 is 5.46 Å². The summed E-state index contributed by atoms with van der Waals surface area (Å²) in [6.45, 7) is 13.3. The highest BCUT2D eigenvalue weighted by molar-refractivity contribution is 6.62. The lowest BCUT2D eigenvalue weighted by Crippen LogP contribution is -2.41. The van der Waals surface area contributed by atoms with Gasteiger partial charge in [0.15, 0.2) is 0 Å². The van der Waals surface area contributed by atoms with Gasteiger partial charge in [0.1, 0.15) is 5.82 Å². The Kier molecular flexibility index (Phi) is 5.78. The van der Waals surface area contributed by atoms with Crippen molar-refractivity contribution in [1.29, 1.82) is 0 Å². The van der Waals surface area contributed by atoms with E-state index in [0.717, 1.165) is 43.6 Å². The number of likely N-dealkylation sites (tertiary alicyclic amines) is 1. The standard InChI is InChI=1S/C20H31BFNO3/c1-6-24-17-9-11-23(12-10-17)14-15-7-8-16(13-18(15)22)21-25-19(2,3)20(4,5)26-21/h7-8,13,17H,6,9-12,14H2,1-5H3. The molecule has 144 valence electrons. The lowest BCUT2D eigenvalue weighted by Gasteiger charge is -2.32. The maximum absolute atomic E-state index is 14.7. The first kappa shape index (κ1) is 19.8. The molecule has 0 aliphatic carbocycles. The summed E-state index contributed by atoms with van der Waals surface area (Å²) in [4.78, 5) is 2.29. The Morgan fingerprint density at radius 1 is 1.15 bits per heavy atom. The molecule has 1 aromatic carbocycles. The normalized spacial score (nSPS) is 23.5. The Bertz CT molecular complexity index is 613. The minimum Gasteiger partial charge on any atom is -0.399 e. The van der Waals surface area contributed by atoms with E-state index in [9.17, 15) is 4.39 Å². The molecule has 0 spiro atoms. The molecule has 2 heterocycles. The van der Waals surface area contributed by atoms with Gasteiger partial charge in [-0.3, -0.25) is 4.90 Å². The predicted octanol–water partition coefficient (Wildman–Crippen LogP) is 3.13. The van der Waals surface area contributed by atoms with E-state index in [1.807, 2.05) is 46.8 Å².